The number of amides is 1. The highest BCUT2D eigenvalue weighted by Gasteiger charge is 2.32. The molecule has 0 aromatic carbocycles. The second kappa shape index (κ2) is 7.07. The monoisotopic (exact) mass is 358 g/mol. The number of carbonyl (C=O) groups is 1. The van der Waals surface area contributed by atoms with Gasteiger partial charge in [0.05, 0.1) is 11.4 Å². The quantitative estimate of drug-likeness (QED) is 0.785. The minimum atomic E-state index is 0.147. The summed E-state index contributed by atoms with van der Waals surface area (Å²) in [6.45, 7) is 3.48. The highest BCUT2D eigenvalue weighted by molar-refractivity contribution is 7.09. The number of carbonyl (C=O) groups excluding carboxylic acids is 1. The second-order valence-electron chi connectivity index (χ2n) is 6.92. The number of aryl methyl sites for hydroxylation is 1. The molecule has 2 atom stereocenters. The second-order valence-corrected chi connectivity index (χ2v) is 7.68. The molecular weight excluding hydrogens is 336 g/mol. The van der Waals surface area contributed by atoms with Gasteiger partial charge in [0, 0.05) is 31.0 Å². The summed E-state index contributed by atoms with van der Waals surface area (Å²) in [7, 11) is 0. The lowest BCUT2D eigenvalue weighted by Gasteiger charge is -2.34. The molecule has 0 radical (unpaired) electrons. The predicted octanol–water partition coefficient (Wildman–Crippen LogP) is 3.56. The van der Waals surface area contributed by atoms with E-state index in [0.29, 0.717) is 5.91 Å². The van der Waals surface area contributed by atoms with Crippen LogP contribution in [0.1, 0.15) is 49.4 Å². The van der Waals surface area contributed by atoms with Gasteiger partial charge in [0.1, 0.15) is 4.88 Å². The number of aromatic nitrogens is 3. The van der Waals surface area contributed by atoms with Crippen molar-refractivity contribution in [2.24, 2.45) is 5.92 Å². The van der Waals surface area contributed by atoms with E-state index in [9.17, 15) is 4.79 Å². The van der Waals surface area contributed by atoms with Crippen molar-refractivity contribution < 1.29 is 9.32 Å². The summed E-state index contributed by atoms with van der Waals surface area (Å²) in [6.07, 6.45) is 9.21. The number of hydrogen-bond acceptors (Lipinski definition) is 6. The molecule has 0 N–H and O–H groups in total. The van der Waals surface area contributed by atoms with Gasteiger partial charge in [0.15, 0.2) is 5.76 Å². The molecule has 132 valence electrons. The lowest BCUT2D eigenvalue weighted by molar-refractivity contribution is -0.137. The zero-order valence-corrected chi connectivity index (χ0v) is 15.2. The fourth-order valence-corrected chi connectivity index (χ4v) is 4.48. The molecule has 1 amide bonds. The van der Waals surface area contributed by atoms with E-state index < -0.39 is 0 Å². The molecule has 0 spiro atoms. The summed E-state index contributed by atoms with van der Waals surface area (Å²) in [5, 5.41) is 8.33. The number of likely N-dealkylation sites (tertiary alicyclic amines) is 1. The maximum Gasteiger partial charge on any atom is 0.226 e. The predicted molar refractivity (Wildman–Crippen MR) is 95.2 cm³/mol. The van der Waals surface area contributed by atoms with Crippen LogP contribution in [0.15, 0.2) is 22.7 Å². The molecule has 2 aromatic heterocycles. The van der Waals surface area contributed by atoms with Gasteiger partial charge in [0.2, 0.25) is 5.91 Å². The van der Waals surface area contributed by atoms with Crippen LogP contribution in [0.5, 0.6) is 0 Å². The molecule has 4 rings (SSSR count). The minimum Gasteiger partial charge on any atom is -0.355 e. The van der Waals surface area contributed by atoms with Crippen LogP contribution in [0.25, 0.3) is 10.6 Å². The van der Waals surface area contributed by atoms with Crippen molar-refractivity contribution in [3.63, 3.8) is 0 Å². The van der Waals surface area contributed by atoms with Crippen LogP contribution in [0.3, 0.4) is 0 Å². The molecular formula is C18H22N4O2S. The first-order valence-corrected chi connectivity index (χ1v) is 9.69. The Kier molecular flexibility index (Phi) is 4.65. The van der Waals surface area contributed by atoms with Crippen LogP contribution >= 0.6 is 11.5 Å². The van der Waals surface area contributed by atoms with Gasteiger partial charge >= 0.3 is 0 Å². The third kappa shape index (κ3) is 3.38. The third-order valence-electron chi connectivity index (χ3n) is 5.10. The summed E-state index contributed by atoms with van der Waals surface area (Å²) in [6, 6.07) is 1.92. The number of piperidine rings is 1. The van der Waals surface area contributed by atoms with Gasteiger partial charge in [-0.25, -0.2) is 0 Å². The van der Waals surface area contributed by atoms with Crippen molar-refractivity contribution in [2.45, 2.75) is 44.9 Å². The summed E-state index contributed by atoms with van der Waals surface area (Å²) >= 11 is 1.34. The first kappa shape index (κ1) is 16.4. The minimum absolute atomic E-state index is 0.147. The topological polar surface area (TPSA) is 72.1 Å². The fraction of sp³-hybridized carbons (Fsp3) is 0.556. The summed E-state index contributed by atoms with van der Waals surface area (Å²) < 4.78 is 9.54. The zero-order valence-electron chi connectivity index (χ0n) is 14.4. The number of hydrogen-bond donors (Lipinski definition) is 0. The Balaban J connectivity index is 1.51. The van der Waals surface area contributed by atoms with Gasteiger partial charge in [0.25, 0.3) is 0 Å². The van der Waals surface area contributed by atoms with Crippen LogP contribution in [0.2, 0.25) is 0 Å². The molecule has 1 aliphatic carbocycles. The summed E-state index contributed by atoms with van der Waals surface area (Å²) in [4.78, 5) is 15.8. The normalized spacial score (nSPS) is 23.8. The van der Waals surface area contributed by atoms with E-state index in [0.717, 1.165) is 67.2 Å². The van der Waals surface area contributed by atoms with Crippen molar-refractivity contribution in [3.8, 4) is 10.6 Å². The summed E-state index contributed by atoms with van der Waals surface area (Å²) in [5.74, 6) is 1.39. The maximum atomic E-state index is 12.9. The molecule has 6 nitrogen and oxygen atoms in total. The first-order chi connectivity index (χ1) is 12.2. The molecule has 3 heterocycles. The molecule has 2 aromatic rings. The lowest BCUT2D eigenvalue weighted by atomic mass is 9.89. The molecule has 1 fully saturated rings. The fourth-order valence-electron chi connectivity index (χ4n) is 3.78. The SMILES string of the molecule is Cc1cc(-c2snnc2[C@H]2CCCN(C(=O)[C@H]3CC=CCC3)C2)on1. The number of allylic oxidation sites excluding steroid dienone is 2. The number of nitrogens with zero attached hydrogens (tertiary/aromatic N) is 4. The Bertz CT molecular complexity index is 782. The largest absolute Gasteiger partial charge is 0.355 e. The van der Waals surface area contributed by atoms with Crippen molar-refractivity contribution in [1.82, 2.24) is 19.6 Å². The van der Waals surface area contributed by atoms with E-state index >= 15 is 0 Å². The van der Waals surface area contributed by atoms with Gasteiger partial charge in [-0.15, -0.1) is 5.10 Å². The molecule has 25 heavy (non-hydrogen) atoms. The molecule has 7 heteroatoms. The van der Waals surface area contributed by atoms with E-state index in [1.165, 1.54) is 11.5 Å². The smallest absolute Gasteiger partial charge is 0.226 e. The molecule has 0 bridgehead atoms. The average molecular weight is 358 g/mol. The highest BCUT2D eigenvalue weighted by atomic mass is 32.1. The molecule has 1 saturated heterocycles. The Morgan fingerprint density at radius 1 is 1.36 bits per heavy atom. The van der Waals surface area contributed by atoms with Crippen LogP contribution in [0, 0.1) is 12.8 Å². The van der Waals surface area contributed by atoms with Crippen LogP contribution in [-0.2, 0) is 4.79 Å². The van der Waals surface area contributed by atoms with Crippen molar-refractivity contribution in [2.75, 3.05) is 13.1 Å². The third-order valence-corrected chi connectivity index (χ3v) is 5.86. The lowest BCUT2D eigenvalue weighted by Crippen LogP contribution is -2.42. The standard InChI is InChI=1S/C18H22N4O2S/c1-12-10-15(24-20-12)17-16(19-21-25-17)14-8-5-9-22(11-14)18(23)13-6-3-2-4-7-13/h2-3,10,13-14H,4-9,11H2,1H3/t13-,14-/m0/s1. The van der Waals surface area contributed by atoms with Crippen LogP contribution < -0.4 is 0 Å². The van der Waals surface area contributed by atoms with Crippen LogP contribution in [0.4, 0.5) is 0 Å². The maximum absolute atomic E-state index is 12.9. The van der Waals surface area contributed by atoms with Crippen molar-refractivity contribution in [1.29, 1.82) is 0 Å². The zero-order chi connectivity index (χ0) is 17.2. The molecule has 2 aliphatic rings. The van der Waals surface area contributed by atoms with Gasteiger partial charge < -0.3 is 9.42 Å². The van der Waals surface area contributed by atoms with Gasteiger partial charge in [-0.3, -0.25) is 4.79 Å². The van der Waals surface area contributed by atoms with Gasteiger partial charge in [-0.2, -0.15) is 0 Å². The first-order valence-electron chi connectivity index (χ1n) is 8.92. The van der Waals surface area contributed by atoms with Gasteiger partial charge in [-0.1, -0.05) is 21.8 Å². The Hall–Kier alpha value is -2.02. The Labute approximate surface area is 151 Å². The Morgan fingerprint density at radius 2 is 2.28 bits per heavy atom. The van der Waals surface area contributed by atoms with E-state index in [-0.39, 0.29) is 11.8 Å². The molecule has 1 aliphatic heterocycles. The van der Waals surface area contributed by atoms with Gasteiger partial charge in [-0.05, 0) is 50.6 Å². The molecule has 0 unspecified atom stereocenters. The van der Waals surface area contributed by atoms with E-state index in [1.54, 1.807) is 0 Å². The molecule has 0 saturated carbocycles. The van der Waals surface area contributed by atoms with E-state index in [2.05, 4.69) is 26.9 Å². The van der Waals surface area contributed by atoms with Crippen LogP contribution in [-0.4, -0.2) is 38.6 Å². The van der Waals surface area contributed by atoms with Crippen molar-refractivity contribution in [3.05, 3.63) is 29.6 Å². The average Bonchev–Trinajstić information content (AvgIpc) is 3.30. The highest BCUT2D eigenvalue weighted by Crippen LogP contribution is 2.36. The Morgan fingerprint density at radius 3 is 3.04 bits per heavy atom. The van der Waals surface area contributed by atoms with E-state index in [4.69, 9.17) is 4.52 Å². The van der Waals surface area contributed by atoms with E-state index in [1.807, 2.05) is 17.9 Å². The summed E-state index contributed by atoms with van der Waals surface area (Å²) in [5.41, 5.74) is 1.79. The van der Waals surface area contributed by atoms with Crippen molar-refractivity contribution >= 4 is 17.4 Å². The number of rotatable bonds is 3.